The molecule has 1 heterocycles. The number of methoxy groups -OCH3 is 1. The summed E-state index contributed by atoms with van der Waals surface area (Å²) in [5, 5.41) is 6.30. The molecule has 1 fully saturated rings. The molecule has 1 aliphatic heterocycles. The molecule has 1 aromatic carbocycles. The number of ether oxygens (including phenoxy) is 2. The highest BCUT2D eigenvalue weighted by Crippen LogP contribution is 2.28. The van der Waals surface area contributed by atoms with E-state index in [4.69, 9.17) is 9.47 Å². The van der Waals surface area contributed by atoms with Gasteiger partial charge >= 0.3 is 0 Å². The molecule has 1 saturated heterocycles. The number of hydrogen-bond acceptors (Lipinski definition) is 5. The summed E-state index contributed by atoms with van der Waals surface area (Å²) in [6.07, 6.45) is 3.36. The molecular weight excluding hydrogens is 308 g/mol. The molecule has 132 valence electrons. The van der Waals surface area contributed by atoms with E-state index in [0.29, 0.717) is 49.1 Å². The van der Waals surface area contributed by atoms with Gasteiger partial charge in [-0.1, -0.05) is 0 Å². The minimum atomic E-state index is -0.0201. The molecule has 0 aliphatic carbocycles. The van der Waals surface area contributed by atoms with Gasteiger partial charge in [-0.2, -0.15) is 0 Å². The maximum absolute atomic E-state index is 11.8. The Balaban J connectivity index is 1.69. The highest BCUT2D eigenvalue weighted by Gasteiger charge is 2.14. The summed E-state index contributed by atoms with van der Waals surface area (Å²) in [5.74, 6) is 1.14. The fourth-order valence-electron chi connectivity index (χ4n) is 2.68. The van der Waals surface area contributed by atoms with E-state index in [-0.39, 0.29) is 11.7 Å². The van der Waals surface area contributed by atoms with Crippen molar-refractivity contribution in [2.45, 2.75) is 38.6 Å². The molecule has 0 saturated carbocycles. The van der Waals surface area contributed by atoms with Gasteiger partial charge in [0.05, 0.1) is 13.7 Å². The van der Waals surface area contributed by atoms with Gasteiger partial charge in [-0.05, 0) is 50.9 Å². The first-order chi connectivity index (χ1) is 11.6. The van der Waals surface area contributed by atoms with E-state index in [1.165, 1.54) is 20.5 Å². The van der Waals surface area contributed by atoms with Crippen molar-refractivity contribution >= 4 is 11.7 Å². The molecular formula is C18H26N2O4. The summed E-state index contributed by atoms with van der Waals surface area (Å²) in [6, 6.07) is 5.51. The van der Waals surface area contributed by atoms with Crippen molar-refractivity contribution in [1.82, 2.24) is 10.6 Å². The fraction of sp³-hybridized carbons (Fsp3) is 0.556. The van der Waals surface area contributed by atoms with E-state index in [0.717, 1.165) is 13.0 Å². The Morgan fingerprint density at radius 2 is 2.17 bits per heavy atom. The third-order valence-electron chi connectivity index (χ3n) is 4.08. The van der Waals surface area contributed by atoms with Gasteiger partial charge in [0, 0.05) is 24.6 Å². The SMILES string of the molecule is COc1cc(C(C)=O)ccc1OCCCC(=O)NCC1CCCN1. The van der Waals surface area contributed by atoms with Gasteiger partial charge < -0.3 is 20.1 Å². The average molecular weight is 334 g/mol. The second-order valence-electron chi connectivity index (χ2n) is 5.97. The molecule has 24 heavy (non-hydrogen) atoms. The van der Waals surface area contributed by atoms with Crippen LogP contribution in [0.3, 0.4) is 0 Å². The van der Waals surface area contributed by atoms with E-state index < -0.39 is 0 Å². The molecule has 6 heteroatoms. The second-order valence-corrected chi connectivity index (χ2v) is 5.97. The Kier molecular flexibility index (Phi) is 7.06. The van der Waals surface area contributed by atoms with Crippen LogP contribution in [0.15, 0.2) is 18.2 Å². The monoisotopic (exact) mass is 334 g/mol. The molecule has 1 aromatic rings. The van der Waals surface area contributed by atoms with Crippen molar-refractivity contribution in [3.8, 4) is 11.5 Å². The summed E-state index contributed by atoms with van der Waals surface area (Å²) in [5.41, 5.74) is 0.582. The molecule has 0 bridgehead atoms. The standard InChI is InChI=1S/C18H26N2O4/c1-13(21)14-7-8-16(17(11-14)23-2)24-10-4-6-18(22)20-12-15-5-3-9-19-15/h7-8,11,15,19H,3-6,9-10,12H2,1-2H3,(H,20,22). The molecule has 1 amide bonds. The van der Waals surface area contributed by atoms with Gasteiger partial charge in [-0.15, -0.1) is 0 Å². The highest BCUT2D eigenvalue weighted by atomic mass is 16.5. The predicted octanol–water partition coefficient (Wildman–Crippen LogP) is 1.92. The number of benzene rings is 1. The molecule has 6 nitrogen and oxygen atoms in total. The van der Waals surface area contributed by atoms with Crippen LogP contribution in [0.1, 0.15) is 43.0 Å². The van der Waals surface area contributed by atoms with Crippen LogP contribution in [0.25, 0.3) is 0 Å². The van der Waals surface area contributed by atoms with Crippen LogP contribution in [-0.4, -0.2) is 44.5 Å². The van der Waals surface area contributed by atoms with E-state index >= 15 is 0 Å². The molecule has 1 atom stereocenters. The lowest BCUT2D eigenvalue weighted by molar-refractivity contribution is -0.121. The van der Waals surface area contributed by atoms with E-state index in [1.807, 2.05) is 0 Å². The van der Waals surface area contributed by atoms with Crippen molar-refractivity contribution in [2.75, 3.05) is 26.8 Å². The number of amides is 1. The number of carbonyl (C=O) groups is 2. The third kappa shape index (κ3) is 5.53. The zero-order valence-corrected chi connectivity index (χ0v) is 14.4. The van der Waals surface area contributed by atoms with Gasteiger partial charge in [0.25, 0.3) is 0 Å². The Labute approximate surface area is 142 Å². The number of hydrogen-bond donors (Lipinski definition) is 2. The lowest BCUT2D eigenvalue weighted by atomic mass is 10.1. The quantitative estimate of drug-likeness (QED) is 0.533. The predicted molar refractivity (Wildman–Crippen MR) is 91.8 cm³/mol. The maximum Gasteiger partial charge on any atom is 0.220 e. The van der Waals surface area contributed by atoms with Crippen molar-refractivity contribution < 1.29 is 19.1 Å². The van der Waals surface area contributed by atoms with Crippen molar-refractivity contribution in [3.05, 3.63) is 23.8 Å². The summed E-state index contributed by atoms with van der Waals surface area (Å²) in [4.78, 5) is 23.2. The Bertz CT molecular complexity index is 568. The molecule has 1 unspecified atom stereocenters. The summed E-state index contributed by atoms with van der Waals surface area (Å²) in [7, 11) is 1.54. The fourth-order valence-corrected chi connectivity index (χ4v) is 2.68. The molecule has 1 aliphatic rings. The number of Topliss-reactive ketones (excluding diaryl/α,β-unsaturated/α-hetero) is 1. The minimum absolute atomic E-state index is 0.0201. The Morgan fingerprint density at radius 3 is 2.83 bits per heavy atom. The normalized spacial score (nSPS) is 16.7. The van der Waals surface area contributed by atoms with Gasteiger partial charge in [-0.25, -0.2) is 0 Å². The molecule has 0 spiro atoms. The van der Waals surface area contributed by atoms with Crippen LogP contribution in [0.4, 0.5) is 0 Å². The smallest absolute Gasteiger partial charge is 0.220 e. The largest absolute Gasteiger partial charge is 0.493 e. The number of ketones is 1. The van der Waals surface area contributed by atoms with Crippen LogP contribution in [0.5, 0.6) is 11.5 Å². The van der Waals surface area contributed by atoms with E-state index in [9.17, 15) is 9.59 Å². The molecule has 0 radical (unpaired) electrons. The van der Waals surface area contributed by atoms with Crippen molar-refractivity contribution in [1.29, 1.82) is 0 Å². The van der Waals surface area contributed by atoms with Crippen molar-refractivity contribution in [2.24, 2.45) is 0 Å². The topological polar surface area (TPSA) is 76.7 Å². The third-order valence-corrected chi connectivity index (χ3v) is 4.08. The van der Waals surface area contributed by atoms with Crippen LogP contribution in [-0.2, 0) is 4.79 Å². The molecule has 2 rings (SSSR count). The first kappa shape index (κ1) is 18.3. The lowest BCUT2D eigenvalue weighted by Crippen LogP contribution is -2.37. The average Bonchev–Trinajstić information content (AvgIpc) is 3.10. The van der Waals surface area contributed by atoms with Gasteiger partial charge in [0.1, 0.15) is 0 Å². The van der Waals surface area contributed by atoms with Crippen molar-refractivity contribution in [3.63, 3.8) is 0 Å². The van der Waals surface area contributed by atoms with Crippen LogP contribution < -0.4 is 20.1 Å². The van der Waals surface area contributed by atoms with Crippen LogP contribution in [0, 0.1) is 0 Å². The minimum Gasteiger partial charge on any atom is -0.493 e. The van der Waals surface area contributed by atoms with Gasteiger partial charge in [-0.3, -0.25) is 9.59 Å². The number of nitrogens with one attached hydrogen (secondary N) is 2. The van der Waals surface area contributed by atoms with Crippen LogP contribution >= 0.6 is 0 Å². The first-order valence-corrected chi connectivity index (χ1v) is 8.42. The number of carbonyl (C=O) groups excluding carboxylic acids is 2. The van der Waals surface area contributed by atoms with Gasteiger partial charge in [0.15, 0.2) is 17.3 Å². The second kappa shape index (κ2) is 9.27. The Hall–Kier alpha value is -2.08. The highest BCUT2D eigenvalue weighted by molar-refractivity contribution is 5.94. The van der Waals surface area contributed by atoms with E-state index in [1.54, 1.807) is 18.2 Å². The zero-order chi connectivity index (χ0) is 17.4. The Morgan fingerprint density at radius 1 is 1.33 bits per heavy atom. The maximum atomic E-state index is 11.8. The van der Waals surface area contributed by atoms with Crippen LogP contribution in [0.2, 0.25) is 0 Å². The first-order valence-electron chi connectivity index (χ1n) is 8.42. The molecule has 0 aromatic heterocycles. The van der Waals surface area contributed by atoms with Gasteiger partial charge in [0.2, 0.25) is 5.91 Å². The number of rotatable bonds is 9. The summed E-state index contributed by atoms with van der Waals surface area (Å²) < 4.78 is 10.9. The summed E-state index contributed by atoms with van der Waals surface area (Å²) in [6.45, 7) is 3.67. The summed E-state index contributed by atoms with van der Waals surface area (Å²) >= 11 is 0. The zero-order valence-electron chi connectivity index (χ0n) is 14.4. The molecule has 2 N–H and O–H groups in total. The lowest BCUT2D eigenvalue weighted by Gasteiger charge is -2.13. The van der Waals surface area contributed by atoms with E-state index in [2.05, 4.69) is 10.6 Å².